The average molecular weight is 360 g/mol. The lowest BCUT2D eigenvalue weighted by Gasteiger charge is -2.40. The highest BCUT2D eigenvalue weighted by Gasteiger charge is 2.47. The van der Waals surface area contributed by atoms with Crippen molar-refractivity contribution in [3.63, 3.8) is 0 Å². The zero-order valence-electron chi connectivity index (χ0n) is 15.0. The molecule has 2 amide bonds. The summed E-state index contributed by atoms with van der Waals surface area (Å²) in [5, 5.41) is 0. The van der Waals surface area contributed by atoms with E-state index in [2.05, 4.69) is 0 Å². The van der Waals surface area contributed by atoms with Crippen LogP contribution in [-0.2, 0) is 20.9 Å². The molecule has 1 spiro atoms. The second kappa shape index (κ2) is 6.99. The van der Waals surface area contributed by atoms with Gasteiger partial charge in [-0.15, -0.1) is 0 Å². The van der Waals surface area contributed by atoms with Crippen molar-refractivity contribution in [2.45, 2.75) is 44.2 Å². The van der Waals surface area contributed by atoms with Crippen LogP contribution in [0, 0.1) is 11.7 Å². The molecule has 3 fully saturated rings. The molecule has 1 saturated carbocycles. The standard InChI is InChI=1S/C20H25FN2O3/c21-17-5-3-16(4-6-17)12-23-18(24)7-9-22(19(25)11-15-1-2-15)13-20(23)8-10-26-14-20/h3-6,15H,1-2,7-14H2. The van der Waals surface area contributed by atoms with Crippen LogP contribution in [-0.4, -0.2) is 53.5 Å². The van der Waals surface area contributed by atoms with Crippen molar-refractivity contribution in [3.8, 4) is 0 Å². The van der Waals surface area contributed by atoms with Crippen molar-refractivity contribution in [1.29, 1.82) is 0 Å². The molecule has 2 saturated heterocycles. The molecule has 1 aromatic carbocycles. The number of ether oxygens (including phenoxy) is 1. The number of benzene rings is 1. The maximum atomic E-state index is 13.2. The topological polar surface area (TPSA) is 49.9 Å². The summed E-state index contributed by atoms with van der Waals surface area (Å²) in [6.45, 7) is 2.48. The van der Waals surface area contributed by atoms with E-state index in [1.165, 1.54) is 12.1 Å². The molecule has 2 aliphatic heterocycles. The fourth-order valence-corrected chi connectivity index (χ4v) is 4.02. The van der Waals surface area contributed by atoms with Crippen molar-refractivity contribution in [3.05, 3.63) is 35.6 Å². The predicted molar refractivity (Wildman–Crippen MR) is 93.7 cm³/mol. The predicted octanol–water partition coefficient (Wildman–Crippen LogP) is 2.35. The lowest BCUT2D eigenvalue weighted by Crippen LogP contribution is -2.56. The molecule has 140 valence electrons. The van der Waals surface area contributed by atoms with E-state index in [4.69, 9.17) is 4.74 Å². The van der Waals surface area contributed by atoms with Gasteiger partial charge in [0.1, 0.15) is 5.82 Å². The molecule has 0 radical (unpaired) electrons. The first kappa shape index (κ1) is 17.5. The van der Waals surface area contributed by atoms with Gasteiger partial charge in [-0.2, -0.15) is 0 Å². The van der Waals surface area contributed by atoms with E-state index in [0.29, 0.717) is 51.6 Å². The van der Waals surface area contributed by atoms with Gasteiger partial charge in [0.2, 0.25) is 11.8 Å². The van der Waals surface area contributed by atoms with E-state index >= 15 is 0 Å². The van der Waals surface area contributed by atoms with Gasteiger partial charge >= 0.3 is 0 Å². The summed E-state index contributed by atoms with van der Waals surface area (Å²) in [5.74, 6) is 0.455. The van der Waals surface area contributed by atoms with Crippen molar-refractivity contribution in [1.82, 2.24) is 9.80 Å². The summed E-state index contributed by atoms with van der Waals surface area (Å²) >= 11 is 0. The van der Waals surface area contributed by atoms with E-state index in [1.54, 1.807) is 12.1 Å². The minimum atomic E-state index is -0.471. The Hall–Kier alpha value is -1.95. The van der Waals surface area contributed by atoms with Crippen molar-refractivity contribution in [2.24, 2.45) is 5.92 Å². The Morgan fingerprint density at radius 3 is 2.69 bits per heavy atom. The van der Waals surface area contributed by atoms with Crippen LogP contribution >= 0.6 is 0 Å². The van der Waals surface area contributed by atoms with E-state index < -0.39 is 5.54 Å². The number of amides is 2. The molecule has 0 bridgehead atoms. The summed E-state index contributed by atoms with van der Waals surface area (Å²) < 4.78 is 18.9. The van der Waals surface area contributed by atoms with Crippen LogP contribution < -0.4 is 0 Å². The van der Waals surface area contributed by atoms with Crippen LogP contribution in [0.3, 0.4) is 0 Å². The number of hydrogen-bond acceptors (Lipinski definition) is 3. The van der Waals surface area contributed by atoms with Crippen LogP contribution in [0.15, 0.2) is 24.3 Å². The maximum absolute atomic E-state index is 13.2. The molecule has 5 nitrogen and oxygen atoms in total. The Bertz CT molecular complexity index is 681. The van der Waals surface area contributed by atoms with Crippen LogP contribution in [0.2, 0.25) is 0 Å². The summed E-state index contributed by atoms with van der Waals surface area (Å²) in [7, 11) is 0. The molecule has 26 heavy (non-hydrogen) atoms. The van der Waals surface area contributed by atoms with Gasteiger partial charge in [0.15, 0.2) is 0 Å². The summed E-state index contributed by atoms with van der Waals surface area (Å²) in [5.41, 5.74) is 0.421. The van der Waals surface area contributed by atoms with Crippen LogP contribution in [0.1, 0.15) is 37.7 Å². The van der Waals surface area contributed by atoms with Gasteiger partial charge in [0.25, 0.3) is 0 Å². The molecule has 2 heterocycles. The Kier molecular flexibility index (Phi) is 4.69. The molecule has 6 heteroatoms. The average Bonchev–Trinajstić information content (AvgIpc) is 3.34. The Morgan fingerprint density at radius 1 is 1.27 bits per heavy atom. The first-order chi connectivity index (χ1) is 12.6. The summed E-state index contributed by atoms with van der Waals surface area (Å²) in [6, 6.07) is 6.27. The van der Waals surface area contributed by atoms with Gasteiger partial charge in [-0.1, -0.05) is 12.1 Å². The SMILES string of the molecule is O=C(CC1CC1)N1CCC(=O)N(Cc2ccc(F)cc2)C2(CCOC2)C1. The molecule has 1 atom stereocenters. The number of carbonyl (C=O) groups is 2. The van der Waals surface area contributed by atoms with Gasteiger partial charge in [-0.3, -0.25) is 9.59 Å². The molecule has 1 aliphatic carbocycles. The number of carbonyl (C=O) groups excluding carboxylic acids is 2. The molecule has 1 unspecified atom stereocenters. The minimum absolute atomic E-state index is 0.0431. The largest absolute Gasteiger partial charge is 0.379 e. The third-order valence-electron chi connectivity index (χ3n) is 5.80. The monoisotopic (exact) mass is 360 g/mol. The molecular weight excluding hydrogens is 335 g/mol. The van der Waals surface area contributed by atoms with E-state index in [1.807, 2.05) is 9.80 Å². The van der Waals surface area contributed by atoms with Gasteiger partial charge in [0, 0.05) is 39.1 Å². The lowest BCUT2D eigenvalue weighted by molar-refractivity contribution is -0.138. The molecule has 4 rings (SSSR count). The molecule has 3 aliphatic rings. The second-order valence-corrected chi connectivity index (χ2v) is 7.85. The Morgan fingerprint density at radius 2 is 2.04 bits per heavy atom. The van der Waals surface area contributed by atoms with Gasteiger partial charge in [-0.25, -0.2) is 4.39 Å². The number of hydrogen-bond donors (Lipinski definition) is 0. The van der Waals surface area contributed by atoms with Crippen molar-refractivity contribution in [2.75, 3.05) is 26.3 Å². The molecular formula is C20H25FN2O3. The Labute approximate surface area is 153 Å². The molecule has 0 aromatic heterocycles. The summed E-state index contributed by atoms with van der Waals surface area (Å²) in [6.07, 6.45) is 3.95. The quantitative estimate of drug-likeness (QED) is 0.828. The first-order valence-electron chi connectivity index (χ1n) is 9.46. The number of nitrogens with zero attached hydrogens (tertiary/aromatic N) is 2. The summed E-state index contributed by atoms with van der Waals surface area (Å²) in [4.78, 5) is 29.3. The number of rotatable bonds is 4. The Balaban J connectivity index is 1.56. The highest BCUT2D eigenvalue weighted by molar-refractivity contribution is 5.81. The van der Waals surface area contributed by atoms with Crippen LogP contribution in [0.4, 0.5) is 4.39 Å². The first-order valence-corrected chi connectivity index (χ1v) is 9.46. The van der Waals surface area contributed by atoms with Crippen LogP contribution in [0.5, 0.6) is 0 Å². The van der Waals surface area contributed by atoms with Crippen molar-refractivity contribution < 1.29 is 18.7 Å². The lowest BCUT2D eigenvalue weighted by atomic mass is 9.94. The van der Waals surface area contributed by atoms with E-state index in [9.17, 15) is 14.0 Å². The third-order valence-corrected chi connectivity index (χ3v) is 5.80. The van der Waals surface area contributed by atoms with E-state index in [0.717, 1.165) is 24.8 Å². The fraction of sp³-hybridized carbons (Fsp3) is 0.600. The fourth-order valence-electron chi connectivity index (χ4n) is 4.02. The highest BCUT2D eigenvalue weighted by atomic mass is 19.1. The maximum Gasteiger partial charge on any atom is 0.225 e. The number of halogens is 1. The third kappa shape index (κ3) is 3.61. The zero-order valence-corrected chi connectivity index (χ0v) is 15.0. The van der Waals surface area contributed by atoms with E-state index in [-0.39, 0.29) is 17.6 Å². The zero-order chi connectivity index (χ0) is 18.1. The van der Waals surface area contributed by atoms with Gasteiger partial charge in [0.05, 0.1) is 12.1 Å². The molecule has 0 N–H and O–H groups in total. The normalized spacial score (nSPS) is 26.4. The van der Waals surface area contributed by atoms with Gasteiger partial charge < -0.3 is 14.5 Å². The van der Waals surface area contributed by atoms with Crippen LogP contribution in [0.25, 0.3) is 0 Å². The minimum Gasteiger partial charge on any atom is -0.379 e. The smallest absolute Gasteiger partial charge is 0.225 e. The second-order valence-electron chi connectivity index (χ2n) is 7.85. The van der Waals surface area contributed by atoms with Crippen molar-refractivity contribution >= 4 is 11.8 Å². The van der Waals surface area contributed by atoms with Gasteiger partial charge in [-0.05, 0) is 42.9 Å². The highest BCUT2D eigenvalue weighted by Crippen LogP contribution is 2.35. The molecule has 1 aromatic rings.